The number of aliphatic carboxylic acids is 1. The van der Waals surface area contributed by atoms with E-state index in [0.717, 1.165) is 5.75 Å². The van der Waals surface area contributed by atoms with E-state index in [1.54, 1.807) is 4.90 Å². The van der Waals surface area contributed by atoms with Crippen LogP contribution in [0.1, 0.15) is 19.8 Å². The van der Waals surface area contributed by atoms with Crippen LogP contribution >= 0.6 is 0 Å². The van der Waals surface area contributed by atoms with Crippen molar-refractivity contribution < 1.29 is 19.4 Å². The van der Waals surface area contributed by atoms with Crippen LogP contribution in [0.3, 0.4) is 0 Å². The van der Waals surface area contributed by atoms with Crippen LogP contribution in [0, 0.1) is 11.8 Å². The van der Waals surface area contributed by atoms with Crippen molar-refractivity contribution in [3.63, 3.8) is 0 Å². The Morgan fingerprint density at radius 3 is 2.67 bits per heavy atom. The zero-order chi connectivity index (χ0) is 15.2. The van der Waals surface area contributed by atoms with Crippen LogP contribution in [0.25, 0.3) is 0 Å². The average molecular weight is 291 g/mol. The van der Waals surface area contributed by atoms with Crippen LogP contribution < -0.4 is 4.74 Å². The van der Waals surface area contributed by atoms with Gasteiger partial charge >= 0.3 is 5.97 Å². The third-order valence-electron chi connectivity index (χ3n) is 3.69. The lowest BCUT2D eigenvalue weighted by molar-refractivity contribution is -0.147. The van der Waals surface area contributed by atoms with Crippen molar-refractivity contribution in [2.75, 3.05) is 19.7 Å². The van der Waals surface area contributed by atoms with E-state index in [0.29, 0.717) is 26.1 Å². The van der Waals surface area contributed by atoms with Gasteiger partial charge in [-0.25, -0.2) is 0 Å². The predicted molar refractivity (Wildman–Crippen MR) is 78.0 cm³/mol. The molecule has 1 aromatic rings. The van der Waals surface area contributed by atoms with E-state index in [9.17, 15) is 9.59 Å². The fraction of sp³-hybridized carbons (Fsp3) is 0.500. The minimum absolute atomic E-state index is 0.0382. The van der Waals surface area contributed by atoms with E-state index in [1.807, 2.05) is 37.3 Å². The van der Waals surface area contributed by atoms with Gasteiger partial charge in [-0.1, -0.05) is 25.1 Å². The SMILES string of the molecule is CC1CC(C(=O)O)CN(C(=O)CCOc2ccccc2)C1. The Labute approximate surface area is 124 Å². The maximum Gasteiger partial charge on any atom is 0.308 e. The Bertz CT molecular complexity index is 488. The Morgan fingerprint density at radius 2 is 2.00 bits per heavy atom. The van der Waals surface area contributed by atoms with Gasteiger partial charge in [0.15, 0.2) is 0 Å². The largest absolute Gasteiger partial charge is 0.493 e. The minimum Gasteiger partial charge on any atom is -0.493 e. The van der Waals surface area contributed by atoms with Crippen molar-refractivity contribution in [2.45, 2.75) is 19.8 Å². The summed E-state index contributed by atoms with van der Waals surface area (Å²) in [6.07, 6.45) is 0.910. The summed E-state index contributed by atoms with van der Waals surface area (Å²) in [5, 5.41) is 9.12. The van der Waals surface area contributed by atoms with Gasteiger partial charge in [0.1, 0.15) is 5.75 Å². The lowest BCUT2D eigenvalue weighted by Gasteiger charge is -2.34. The van der Waals surface area contributed by atoms with Gasteiger partial charge < -0.3 is 14.7 Å². The molecule has 5 nitrogen and oxygen atoms in total. The monoisotopic (exact) mass is 291 g/mol. The van der Waals surface area contributed by atoms with E-state index < -0.39 is 11.9 Å². The molecule has 1 fully saturated rings. The Morgan fingerprint density at radius 1 is 1.29 bits per heavy atom. The number of rotatable bonds is 5. The summed E-state index contributed by atoms with van der Waals surface area (Å²) in [4.78, 5) is 24.9. The smallest absolute Gasteiger partial charge is 0.308 e. The quantitative estimate of drug-likeness (QED) is 0.901. The van der Waals surface area contributed by atoms with Crippen molar-refractivity contribution in [2.24, 2.45) is 11.8 Å². The summed E-state index contributed by atoms with van der Waals surface area (Å²) in [7, 11) is 0. The summed E-state index contributed by atoms with van der Waals surface area (Å²) in [6, 6.07) is 9.34. The number of para-hydroxylation sites is 1. The molecule has 1 heterocycles. The molecule has 0 saturated carbocycles. The van der Waals surface area contributed by atoms with Gasteiger partial charge in [-0.15, -0.1) is 0 Å². The molecule has 0 aliphatic carbocycles. The van der Waals surface area contributed by atoms with Crippen molar-refractivity contribution in [3.8, 4) is 5.75 Å². The molecule has 0 bridgehead atoms. The molecule has 2 unspecified atom stereocenters. The first-order chi connectivity index (χ1) is 10.1. The molecule has 21 heavy (non-hydrogen) atoms. The average Bonchev–Trinajstić information content (AvgIpc) is 2.47. The number of ether oxygens (including phenoxy) is 1. The van der Waals surface area contributed by atoms with E-state index in [1.165, 1.54) is 0 Å². The number of likely N-dealkylation sites (tertiary alicyclic amines) is 1. The number of nitrogens with zero attached hydrogens (tertiary/aromatic N) is 1. The second-order valence-electron chi connectivity index (χ2n) is 5.59. The summed E-state index contributed by atoms with van der Waals surface area (Å²) in [5.41, 5.74) is 0. The van der Waals surface area contributed by atoms with Crippen LogP contribution in [0.15, 0.2) is 30.3 Å². The number of amides is 1. The van der Waals surface area contributed by atoms with Crippen LogP contribution in [-0.2, 0) is 9.59 Å². The van der Waals surface area contributed by atoms with Crippen LogP contribution in [0.5, 0.6) is 5.75 Å². The number of benzene rings is 1. The van der Waals surface area contributed by atoms with E-state index in [4.69, 9.17) is 9.84 Å². The van der Waals surface area contributed by atoms with Crippen LogP contribution in [0.4, 0.5) is 0 Å². The molecular weight excluding hydrogens is 270 g/mol. The second kappa shape index (κ2) is 7.11. The number of carboxylic acid groups (broad SMARTS) is 1. The molecular formula is C16H21NO4. The molecule has 114 valence electrons. The van der Waals surface area contributed by atoms with E-state index >= 15 is 0 Å². The molecule has 2 atom stereocenters. The van der Waals surface area contributed by atoms with Crippen LogP contribution in [-0.4, -0.2) is 41.6 Å². The number of piperidine rings is 1. The highest BCUT2D eigenvalue weighted by molar-refractivity contribution is 5.78. The number of carboxylic acids is 1. The van der Waals surface area contributed by atoms with Crippen molar-refractivity contribution in [1.82, 2.24) is 4.90 Å². The molecule has 1 saturated heterocycles. The molecule has 1 N–H and O–H groups in total. The molecule has 5 heteroatoms. The fourth-order valence-corrected chi connectivity index (χ4v) is 2.67. The number of carbonyl (C=O) groups excluding carboxylic acids is 1. The highest BCUT2D eigenvalue weighted by Gasteiger charge is 2.31. The van der Waals surface area contributed by atoms with E-state index in [2.05, 4.69) is 0 Å². The van der Waals surface area contributed by atoms with Gasteiger partial charge in [-0.05, 0) is 24.5 Å². The lowest BCUT2D eigenvalue weighted by atomic mass is 9.90. The molecule has 0 radical (unpaired) electrons. The summed E-state index contributed by atoms with van der Waals surface area (Å²) < 4.78 is 5.50. The topological polar surface area (TPSA) is 66.8 Å². The van der Waals surface area contributed by atoms with Gasteiger partial charge in [-0.2, -0.15) is 0 Å². The first kappa shape index (κ1) is 15.4. The maximum absolute atomic E-state index is 12.2. The Balaban J connectivity index is 1.81. The van der Waals surface area contributed by atoms with Gasteiger partial charge in [-0.3, -0.25) is 9.59 Å². The first-order valence-electron chi connectivity index (χ1n) is 7.24. The number of hydrogen-bond donors (Lipinski definition) is 1. The van der Waals surface area contributed by atoms with Gasteiger partial charge in [0, 0.05) is 13.1 Å². The molecule has 0 spiro atoms. The summed E-state index contributed by atoms with van der Waals surface area (Å²) >= 11 is 0. The zero-order valence-electron chi connectivity index (χ0n) is 12.2. The zero-order valence-corrected chi connectivity index (χ0v) is 12.2. The summed E-state index contributed by atoms with van der Waals surface area (Å²) in [6.45, 7) is 3.24. The summed E-state index contributed by atoms with van der Waals surface area (Å²) in [5.74, 6) is -0.351. The normalized spacial score (nSPS) is 21.9. The third kappa shape index (κ3) is 4.48. The molecule has 0 aromatic heterocycles. The fourth-order valence-electron chi connectivity index (χ4n) is 2.67. The Kier molecular flexibility index (Phi) is 5.20. The second-order valence-corrected chi connectivity index (χ2v) is 5.59. The number of carbonyl (C=O) groups is 2. The van der Waals surface area contributed by atoms with Gasteiger partial charge in [0.2, 0.25) is 5.91 Å². The molecule has 1 aliphatic heterocycles. The van der Waals surface area contributed by atoms with Gasteiger partial charge in [0.25, 0.3) is 0 Å². The predicted octanol–water partition coefficient (Wildman–Crippen LogP) is 2.02. The lowest BCUT2D eigenvalue weighted by Crippen LogP contribution is -2.45. The van der Waals surface area contributed by atoms with Crippen molar-refractivity contribution >= 4 is 11.9 Å². The molecule has 1 aromatic carbocycles. The third-order valence-corrected chi connectivity index (χ3v) is 3.69. The Hall–Kier alpha value is -2.04. The number of hydrogen-bond acceptors (Lipinski definition) is 3. The molecule has 1 aliphatic rings. The minimum atomic E-state index is -0.820. The highest BCUT2D eigenvalue weighted by atomic mass is 16.5. The van der Waals surface area contributed by atoms with Crippen LogP contribution in [0.2, 0.25) is 0 Å². The van der Waals surface area contributed by atoms with Gasteiger partial charge in [0.05, 0.1) is 18.9 Å². The van der Waals surface area contributed by atoms with Crippen molar-refractivity contribution in [3.05, 3.63) is 30.3 Å². The van der Waals surface area contributed by atoms with E-state index in [-0.39, 0.29) is 18.2 Å². The first-order valence-corrected chi connectivity index (χ1v) is 7.24. The molecule has 1 amide bonds. The van der Waals surface area contributed by atoms with Crippen molar-refractivity contribution in [1.29, 1.82) is 0 Å². The maximum atomic E-state index is 12.2. The highest BCUT2D eigenvalue weighted by Crippen LogP contribution is 2.22. The molecule has 2 rings (SSSR count). The standard InChI is InChI=1S/C16H21NO4/c1-12-9-13(16(19)20)11-17(10-12)15(18)7-8-21-14-5-3-2-4-6-14/h2-6,12-13H,7-11H2,1H3,(H,19,20).